The predicted octanol–water partition coefficient (Wildman–Crippen LogP) is 2.99. The van der Waals surface area contributed by atoms with Crippen LogP contribution in [0, 0.1) is 18.6 Å². The lowest BCUT2D eigenvalue weighted by molar-refractivity contribution is -0.116. The monoisotopic (exact) mass is 500 g/mol. The quantitative estimate of drug-likeness (QED) is 0.332. The average molecular weight is 500 g/mol. The molecule has 178 valence electrons. The van der Waals surface area contributed by atoms with Crippen LogP contribution in [0.5, 0.6) is 0 Å². The molecule has 0 aliphatic rings. The fourth-order valence-electron chi connectivity index (χ4n) is 2.66. The summed E-state index contributed by atoms with van der Waals surface area (Å²) in [5, 5.41) is -0.937. The minimum atomic E-state index is -3.81. The van der Waals surface area contributed by atoms with Gasteiger partial charge in [0.2, 0.25) is 19.1 Å². The number of benzene rings is 1. The second-order valence-corrected chi connectivity index (χ2v) is 9.46. The first-order valence-corrected chi connectivity index (χ1v) is 12.0. The summed E-state index contributed by atoms with van der Waals surface area (Å²) >= 11 is 0.492. The Balaban J connectivity index is 2.38. The molecule has 0 bridgehead atoms. The molecule has 0 spiro atoms. The molecule has 0 saturated carbocycles. The number of thioether (sulfide) groups is 1. The van der Waals surface area contributed by atoms with E-state index in [1.165, 1.54) is 18.0 Å². The van der Waals surface area contributed by atoms with Crippen LogP contribution in [0.2, 0.25) is 0 Å². The van der Waals surface area contributed by atoms with E-state index >= 15 is 0 Å². The van der Waals surface area contributed by atoms with E-state index < -0.39 is 29.9 Å². The third kappa shape index (κ3) is 7.72. The molecule has 0 aliphatic carbocycles. The summed E-state index contributed by atoms with van der Waals surface area (Å²) in [4.78, 5) is 52.7. The number of carbonyl (C=O) groups is 2. The van der Waals surface area contributed by atoms with Crippen LogP contribution in [0.3, 0.4) is 0 Å². The molecule has 0 unspecified atom stereocenters. The number of nitrogens with two attached hydrogens (primary N) is 1. The number of amides is 1. The molecule has 0 fully saturated rings. The summed E-state index contributed by atoms with van der Waals surface area (Å²) in [5.74, 6) is -1.46. The van der Waals surface area contributed by atoms with E-state index in [2.05, 4.69) is 16.3 Å². The van der Waals surface area contributed by atoms with Gasteiger partial charge < -0.3 is 24.9 Å². The molecule has 4 N–H and O–H groups in total. The second kappa shape index (κ2) is 11.5. The van der Waals surface area contributed by atoms with E-state index in [0.29, 0.717) is 29.6 Å². The number of nitrogens with zero attached hydrogens (tertiary/aromatic N) is 3. The summed E-state index contributed by atoms with van der Waals surface area (Å²) in [7, 11) is -3.81. The lowest BCUT2D eigenvalue weighted by Gasteiger charge is -2.22. The molecule has 1 heterocycles. The van der Waals surface area contributed by atoms with E-state index in [0.717, 1.165) is 18.2 Å². The van der Waals surface area contributed by atoms with Gasteiger partial charge in [-0.15, -0.1) is 0 Å². The Morgan fingerprint density at radius 2 is 2.00 bits per heavy atom. The highest BCUT2D eigenvalue weighted by atomic mass is 32.2. The highest BCUT2D eigenvalue weighted by Crippen LogP contribution is 2.37. The summed E-state index contributed by atoms with van der Waals surface area (Å²) in [5.41, 5.74) is 5.84. The van der Waals surface area contributed by atoms with E-state index in [1.807, 2.05) is 0 Å². The lowest BCUT2D eigenvalue weighted by Crippen LogP contribution is -2.22. The molecule has 1 amide bonds. The molecule has 33 heavy (non-hydrogen) atoms. The summed E-state index contributed by atoms with van der Waals surface area (Å²) in [6.45, 7) is 2.84. The van der Waals surface area contributed by atoms with Crippen LogP contribution in [0.4, 0.5) is 14.6 Å². The van der Waals surface area contributed by atoms with Gasteiger partial charge in [0.15, 0.2) is 0 Å². The molecule has 0 atom stereocenters. The molecular formula is C20H23F2N4O5PS. The standard InChI is InChI=1S/C20H23F2N4O5PS/c1-12(26(11-27)10-14-9-24-13(2)25-19(14)23)17(7-8-31-32(3,29)30)33-20(28)18-15(21)5-4-6-16(18)22/h4-6,9,11,29-30H,3,7-8,10H2,1-2H3,(H2,23,24,25)/b17-12-. The molecular weight excluding hydrogens is 477 g/mol. The number of hydrogen-bond donors (Lipinski definition) is 3. The van der Waals surface area contributed by atoms with Gasteiger partial charge in [-0.1, -0.05) is 6.07 Å². The molecule has 0 radical (unpaired) electrons. The van der Waals surface area contributed by atoms with Crippen molar-refractivity contribution < 1.29 is 32.7 Å². The van der Waals surface area contributed by atoms with E-state index in [4.69, 9.17) is 10.3 Å². The number of hydrogen-bond acceptors (Lipinski definition) is 9. The maximum Gasteiger partial charge on any atom is 0.245 e. The summed E-state index contributed by atoms with van der Waals surface area (Å²) < 4.78 is 33.0. The van der Waals surface area contributed by atoms with Gasteiger partial charge in [0.1, 0.15) is 28.8 Å². The molecule has 1 aromatic carbocycles. The van der Waals surface area contributed by atoms with Crippen molar-refractivity contribution in [3.63, 3.8) is 0 Å². The second-order valence-electron chi connectivity index (χ2n) is 6.80. The van der Waals surface area contributed by atoms with Crippen molar-refractivity contribution in [3.8, 4) is 0 Å². The zero-order chi connectivity index (χ0) is 24.8. The Labute approximate surface area is 193 Å². The molecule has 2 aromatic rings. The van der Waals surface area contributed by atoms with Crippen LogP contribution < -0.4 is 5.73 Å². The van der Waals surface area contributed by atoms with Gasteiger partial charge in [0.25, 0.3) is 0 Å². The molecule has 9 nitrogen and oxygen atoms in total. The number of carbonyl (C=O) groups excluding carboxylic acids is 2. The molecule has 13 heteroatoms. The Hall–Kier alpha value is -2.63. The van der Waals surface area contributed by atoms with Crippen molar-refractivity contribution in [2.45, 2.75) is 26.8 Å². The van der Waals surface area contributed by atoms with Gasteiger partial charge >= 0.3 is 0 Å². The summed E-state index contributed by atoms with van der Waals surface area (Å²) in [6.07, 6.45) is 4.94. The zero-order valence-electron chi connectivity index (χ0n) is 17.9. The number of halogens is 2. The Morgan fingerprint density at radius 3 is 2.55 bits per heavy atom. The van der Waals surface area contributed by atoms with Crippen LogP contribution in [-0.2, 0) is 15.9 Å². The minimum Gasteiger partial charge on any atom is -0.383 e. The summed E-state index contributed by atoms with van der Waals surface area (Å²) in [6, 6.07) is 3.03. The topological polar surface area (TPSA) is 139 Å². The normalized spacial score (nSPS) is 12.3. The molecule has 2 rings (SSSR count). The lowest BCUT2D eigenvalue weighted by atomic mass is 10.2. The number of anilines is 1. The van der Waals surface area contributed by atoms with Gasteiger partial charge in [-0.2, -0.15) is 0 Å². The first-order valence-electron chi connectivity index (χ1n) is 9.42. The van der Waals surface area contributed by atoms with Crippen molar-refractivity contribution in [1.29, 1.82) is 0 Å². The third-order valence-corrected chi connectivity index (χ3v) is 6.06. The molecule has 0 saturated heterocycles. The SMILES string of the molecule is C=P(O)(O)OCC/C(SC(=O)c1c(F)cccc1F)=C(\C)N(C=O)Cc1cnc(C)nc1N. The van der Waals surface area contributed by atoms with Crippen molar-refractivity contribution >= 4 is 43.0 Å². The van der Waals surface area contributed by atoms with Crippen LogP contribution in [-0.4, -0.2) is 49.1 Å². The fourth-order valence-corrected chi connectivity index (χ4v) is 4.01. The van der Waals surface area contributed by atoms with Gasteiger partial charge in [-0.25, -0.2) is 18.7 Å². The Kier molecular flexibility index (Phi) is 9.26. The number of aryl methyl sites for hydroxylation is 1. The van der Waals surface area contributed by atoms with E-state index in [-0.39, 0.29) is 36.0 Å². The number of rotatable bonds is 10. The number of aromatic nitrogens is 2. The van der Waals surface area contributed by atoms with Crippen molar-refractivity contribution in [2.75, 3.05) is 12.3 Å². The fraction of sp³-hybridized carbons (Fsp3) is 0.250. The molecule has 1 aromatic heterocycles. The average Bonchev–Trinajstić information content (AvgIpc) is 2.71. The van der Waals surface area contributed by atoms with E-state index in [1.54, 1.807) is 6.92 Å². The van der Waals surface area contributed by atoms with Crippen LogP contribution in [0.25, 0.3) is 0 Å². The maximum absolute atomic E-state index is 14.1. The highest BCUT2D eigenvalue weighted by Gasteiger charge is 2.22. The van der Waals surface area contributed by atoms with Crippen molar-refractivity contribution in [3.05, 3.63) is 63.6 Å². The van der Waals surface area contributed by atoms with Crippen LogP contribution in [0.1, 0.15) is 35.1 Å². The third-order valence-electron chi connectivity index (χ3n) is 4.33. The zero-order valence-corrected chi connectivity index (χ0v) is 19.6. The van der Waals surface area contributed by atoms with Gasteiger partial charge in [0.05, 0.1) is 13.2 Å². The van der Waals surface area contributed by atoms with Crippen LogP contribution >= 0.6 is 19.3 Å². The van der Waals surface area contributed by atoms with Crippen LogP contribution in [0.15, 0.2) is 35.0 Å². The Morgan fingerprint density at radius 1 is 1.36 bits per heavy atom. The van der Waals surface area contributed by atoms with Crippen molar-refractivity contribution in [1.82, 2.24) is 14.9 Å². The largest absolute Gasteiger partial charge is 0.383 e. The first kappa shape index (κ1) is 26.6. The number of nitrogen functional groups attached to an aromatic ring is 1. The number of allylic oxidation sites excluding steroid dienone is 1. The maximum atomic E-state index is 14.1. The van der Waals surface area contributed by atoms with Gasteiger partial charge in [-0.05, 0) is 44.0 Å². The smallest absolute Gasteiger partial charge is 0.245 e. The predicted molar refractivity (Wildman–Crippen MR) is 123 cm³/mol. The molecule has 0 aliphatic heterocycles. The Bertz CT molecular complexity index is 1110. The van der Waals surface area contributed by atoms with Gasteiger partial charge in [-0.3, -0.25) is 9.59 Å². The highest BCUT2D eigenvalue weighted by molar-refractivity contribution is 8.17. The van der Waals surface area contributed by atoms with Gasteiger partial charge in [0, 0.05) is 28.8 Å². The first-order chi connectivity index (χ1) is 15.4. The minimum absolute atomic E-state index is 0.0408. The van der Waals surface area contributed by atoms with E-state index in [9.17, 15) is 28.2 Å². The van der Waals surface area contributed by atoms with Crippen molar-refractivity contribution in [2.24, 2.45) is 0 Å².